The van der Waals surface area contributed by atoms with Crippen LogP contribution in [0.15, 0.2) is 71.4 Å². The number of benzene rings is 2. The number of carbonyl (C=O) groups excluding carboxylic acids is 3. The van der Waals surface area contributed by atoms with Crippen LogP contribution >= 0.6 is 0 Å². The van der Waals surface area contributed by atoms with Crippen LogP contribution in [0.2, 0.25) is 0 Å². The average Bonchev–Trinajstić information content (AvgIpc) is 3.38. The summed E-state index contributed by atoms with van der Waals surface area (Å²) in [7, 11) is 3.99. The minimum Gasteiger partial charge on any atom is -0.459 e. The monoisotopic (exact) mass is 576 g/mol. The number of furan rings is 1. The van der Waals surface area contributed by atoms with Crippen molar-refractivity contribution in [2.24, 2.45) is 0 Å². The lowest BCUT2D eigenvalue weighted by Crippen LogP contribution is -2.44. The Kier molecular flexibility index (Phi) is 8.27. The van der Waals surface area contributed by atoms with Crippen molar-refractivity contribution in [2.45, 2.75) is 38.2 Å². The van der Waals surface area contributed by atoms with E-state index < -0.39 is 30.1 Å². The van der Waals surface area contributed by atoms with Crippen molar-refractivity contribution in [2.75, 3.05) is 43.9 Å². The number of rotatable bonds is 5. The van der Waals surface area contributed by atoms with Crippen LogP contribution in [0, 0.1) is 6.92 Å². The minimum atomic E-state index is -3.32. The molecule has 5 rings (SSSR count). The van der Waals surface area contributed by atoms with Crippen LogP contribution < -0.4 is 10.2 Å². The van der Waals surface area contributed by atoms with Crippen molar-refractivity contribution in [3.05, 3.63) is 89.4 Å². The van der Waals surface area contributed by atoms with Gasteiger partial charge in [0.1, 0.15) is 0 Å². The summed E-state index contributed by atoms with van der Waals surface area (Å²) in [5, 5.41) is 2.72. The van der Waals surface area contributed by atoms with E-state index in [-0.39, 0.29) is 29.0 Å². The molecule has 0 unspecified atom stereocenters. The molecule has 8 nitrogen and oxygen atoms in total. The predicted molar refractivity (Wildman–Crippen MR) is 157 cm³/mol. The standard InChI is InChI=1S/C32H34F2N4O4/c1-21-14-19-42-29(21)30(40)35-23-10-8-22(9-11-23)31(41)38-18-15-32(33,34)26(25-6-4-5-7-27(25)38)20-28(39)37-16-12-24(13-17-37)36(2)3/h4-11,14,19-20,24H,12-13,15-18H2,1-3H3,(H,35,40)/b26-20-. The third-order valence-electron chi connectivity index (χ3n) is 8.01. The summed E-state index contributed by atoms with van der Waals surface area (Å²) in [5.74, 6) is -4.45. The first-order valence-corrected chi connectivity index (χ1v) is 14.0. The molecule has 0 spiro atoms. The summed E-state index contributed by atoms with van der Waals surface area (Å²) < 4.78 is 36.5. The number of fused-ring (bicyclic) bond motifs is 1. The van der Waals surface area contributed by atoms with Gasteiger partial charge in [-0.2, -0.15) is 0 Å². The van der Waals surface area contributed by atoms with Crippen LogP contribution in [0.4, 0.5) is 20.2 Å². The highest BCUT2D eigenvalue weighted by molar-refractivity contribution is 6.09. The third kappa shape index (κ3) is 5.99. The quantitative estimate of drug-likeness (QED) is 0.408. The van der Waals surface area contributed by atoms with Crippen LogP contribution in [0.25, 0.3) is 5.57 Å². The Morgan fingerprint density at radius 3 is 2.33 bits per heavy atom. The maximum absolute atomic E-state index is 15.6. The Hall–Kier alpha value is -4.31. The van der Waals surface area contributed by atoms with E-state index in [4.69, 9.17) is 4.42 Å². The van der Waals surface area contributed by atoms with Crippen molar-refractivity contribution in [3.63, 3.8) is 0 Å². The molecular weight excluding hydrogens is 542 g/mol. The van der Waals surface area contributed by atoms with Gasteiger partial charge in [-0.25, -0.2) is 8.78 Å². The van der Waals surface area contributed by atoms with Gasteiger partial charge in [0.05, 0.1) is 12.0 Å². The number of hydrogen-bond acceptors (Lipinski definition) is 5. The molecule has 10 heteroatoms. The number of allylic oxidation sites excluding steroid dienone is 1. The van der Waals surface area contributed by atoms with E-state index in [0.29, 0.717) is 36.1 Å². The molecule has 0 bridgehead atoms. The van der Waals surface area contributed by atoms with E-state index in [9.17, 15) is 14.4 Å². The summed E-state index contributed by atoms with van der Waals surface area (Å²) in [6.07, 6.45) is 3.41. The highest BCUT2D eigenvalue weighted by Crippen LogP contribution is 2.43. The highest BCUT2D eigenvalue weighted by Gasteiger charge is 2.42. The minimum absolute atomic E-state index is 0.155. The van der Waals surface area contributed by atoms with Crippen molar-refractivity contribution >= 4 is 34.7 Å². The van der Waals surface area contributed by atoms with E-state index in [1.54, 1.807) is 48.2 Å². The summed E-state index contributed by atoms with van der Waals surface area (Å²) >= 11 is 0. The Labute approximate surface area is 243 Å². The lowest BCUT2D eigenvalue weighted by molar-refractivity contribution is -0.127. The van der Waals surface area contributed by atoms with Crippen LogP contribution in [0.1, 0.15) is 51.3 Å². The number of alkyl halides is 2. The number of nitrogens with one attached hydrogen (secondary N) is 1. The SMILES string of the molecule is Cc1ccoc1C(=O)Nc1ccc(C(=O)N2CCC(F)(F)/C(=C\C(=O)N3CCC(N(C)C)CC3)c3ccccc32)cc1. The van der Waals surface area contributed by atoms with Crippen LogP contribution in [-0.2, 0) is 4.79 Å². The molecule has 1 fully saturated rings. The predicted octanol–water partition coefficient (Wildman–Crippen LogP) is 5.46. The smallest absolute Gasteiger partial charge is 0.291 e. The lowest BCUT2D eigenvalue weighted by Gasteiger charge is -2.35. The zero-order valence-electron chi connectivity index (χ0n) is 23.9. The van der Waals surface area contributed by atoms with E-state index in [0.717, 1.165) is 18.9 Å². The summed E-state index contributed by atoms with van der Waals surface area (Å²) in [4.78, 5) is 44.3. The molecule has 1 N–H and O–H groups in total. The Morgan fingerprint density at radius 2 is 1.69 bits per heavy atom. The van der Waals surface area contributed by atoms with E-state index >= 15 is 8.78 Å². The van der Waals surface area contributed by atoms with Crippen molar-refractivity contribution in [1.29, 1.82) is 0 Å². The van der Waals surface area contributed by atoms with Crippen LogP contribution in [0.5, 0.6) is 0 Å². The number of nitrogens with zero attached hydrogens (tertiary/aromatic N) is 3. The van der Waals surface area contributed by atoms with Crippen molar-refractivity contribution in [3.8, 4) is 0 Å². The van der Waals surface area contributed by atoms with Gasteiger partial charge in [0, 0.05) is 66.1 Å². The maximum Gasteiger partial charge on any atom is 0.291 e. The number of likely N-dealkylation sites (tertiary alicyclic amines) is 1. The molecular formula is C32H34F2N4O4. The summed E-state index contributed by atoms with van der Waals surface area (Å²) in [6, 6.07) is 14.7. The van der Waals surface area contributed by atoms with Gasteiger partial charge >= 0.3 is 0 Å². The van der Waals surface area contributed by atoms with Gasteiger partial charge in [-0.15, -0.1) is 0 Å². The number of anilines is 2. The van der Waals surface area contributed by atoms with Crippen LogP contribution in [0.3, 0.4) is 0 Å². The molecule has 2 aliphatic rings. The molecule has 42 heavy (non-hydrogen) atoms. The van der Waals surface area contributed by atoms with E-state index in [2.05, 4.69) is 10.2 Å². The lowest BCUT2D eigenvalue weighted by atomic mass is 9.96. The van der Waals surface area contributed by atoms with Gasteiger partial charge in [0.2, 0.25) is 5.91 Å². The zero-order chi connectivity index (χ0) is 30.0. The molecule has 3 amide bonds. The molecule has 0 radical (unpaired) electrons. The normalized spacial score (nSPS) is 18.1. The van der Waals surface area contributed by atoms with Gasteiger partial charge in [-0.05, 0) is 70.3 Å². The second-order valence-electron chi connectivity index (χ2n) is 11.0. The molecule has 2 aliphatic heterocycles. The average molecular weight is 577 g/mol. The maximum atomic E-state index is 15.6. The van der Waals surface area contributed by atoms with Gasteiger partial charge in [-0.3, -0.25) is 14.4 Å². The number of amides is 3. The number of carbonyl (C=O) groups is 3. The number of para-hydroxylation sites is 1. The second kappa shape index (κ2) is 11.9. The molecule has 0 saturated carbocycles. The topological polar surface area (TPSA) is 86.1 Å². The molecule has 2 aromatic carbocycles. The van der Waals surface area contributed by atoms with Crippen molar-refractivity contribution < 1.29 is 27.6 Å². The number of halogens is 2. The molecule has 1 saturated heterocycles. The molecule has 0 atom stereocenters. The Morgan fingerprint density at radius 1 is 1.00 bits per heavy atom. The molecule has 3 aromatic rings. The van der Waals surface area contributed by atoms with E-state index in [1.807, 2.05) is 14.1 Å². The van der Waals surface area contributed by atoms with E-state index in [1.165, 1.54) is 29.4 Å². The first kappa shape index (κ1) is 29.2. The van der Waals surface area contributed by atoms with Gasteiger partial charge in [0.15, 0.2) is 5.76 Å². The first-order valence-electron chi connectivity index (χ1n) is 14.0. The highest BCUT2D eigenvalue weighted by atomic mass is 19.3. The zero-order valence-corrected chi connectivity index (χ0v) is 23.9. The van der Waals surface area contributed by atoms with Gasteiger partial charge in [0.25, 0.3) is 17.7 Å². The second-order valence-corrected chi connectivity index (χ2v) is 11.0. The Bertz CT molecular complexity index is 1500. The number of aryl methyl sites for hydroxylation is 1. The fourth-order valence-corrected chi connectivity index (χ4v) is 5.50. The first-order chi connectivity index (χ1) is 20.0. The largest absolute Gasteiger partial charge is 0.459 e. The van der Waals surface area contributed by atoms with Gasteiger partial charge < -0.3 is 24.4 Å². The fraction of sp³-hybridized carbons (Fsp3) is 0.344. The summed E-state index contributed by atoms with van der Waals surface area (Å²) in [6.45, 7) is 2.52. The Balaban J connectivity index is 1.38. The third-order valence-corrected chi connectivity index (χ3v) is 8.01. The number of piperidine rings is 1. The summed E-state index contributed by atoms with van der Waals surface area (Å²) in [5.41, 5.74) is 1.51. The van der Waals surface area contributed by atoms with Crippen LogP contribution in [-0.4, -0.2) is 73.2 Å². The van der Waals surface area contributed by atoms with Crippen molar-refractivity contribution in [1.82, 2.24) is 9.80 Å². The molecule has 3 heterocycles. The fourth-order valence-electron chi connectivity index (χ4n) is 5.50. The van der Waals surface area contributed by atoms with Gasteiger partial charge in [-0.1, -0.05) is 18.2 Å². The molecule has 220 valence electrons. The number of hydrogen-bond donors (Lipinski definition) is 1. The molecule has 1 aromatic heterocycles. The molecule has 0 aliphatic carbocycles.